The summed E-state index contributed by atoms with van der Waals surface area (Å²) in [6, 6.07) is 3.04. The molecule has 1 unspecified atom stereocenters. The number of alkyl halides is 4. The minimum absolute atomic E-state index is 0.202. The van der Waals surface area contributed by atoms with Crippen molar-refractivity contribution in [1.82, 2.24) is 5.32 Å². The highest BCUT2D eigenvalue weighted by molar-refractivity contribution is 5.91. The molecular weight excluding hydrogens is 294 g/mol. The number of benzene rings is 1. The van der Waals surface area contributed by atoms with Crippen LogP contribution in [0.4, 0.5) is 17.6 Å². The number of rotatable bonds is 4. The maximum atomic E-state index is 13.9. The molecule has 1 aliphatic carbocycles. The minimum atomic E-state index is -4.55. The van der Waals surface area contributed by atoms with Gasteiger partial charge in [-0.2, -0.15) is 13.2 Å². The SMILES string of the molecule is O=C(NC1(C(=O)O)CC1)C(F)c1ccc(C(F)(F)F)cc1. The predicted molar refractivity (Wildman–Crippen MR) is 63.0 cm³/mol. The summed E-state index contributed by atoms with van der Waals surface area (Å²) >= 11 is 0. The van der Waals surface area contributed by atoms with Gasteiger partial charge in [-0.25, -0.2) is 9.18 Å². The van der Waals surface area contributed by atoms with Gasteiger partial charge in [-0.3, -0.25) is 4.79 Å². The minimum Gasteiger partial charge on any atom is -0.480 e. The lowest BCUT2D eigenvalue weighted by Crippen LogP contribution is -2.44. The zero-order valence-electron chi connectivity index (χ0n) is 10.6. The molecule has 0 aromatic heterocycles. The van der Waals surface area contributed by atoms with Gasteiger partial charge in [0.25, 0.3) is 5.91 Å². The number of hydrogen-bond acceptors (Lipinski definition) is 2. The first-order valence-electron chi connectivity index (χ1n) is 6.02. The zero-order chi connectivity index (χ0) is 15.8. The molecule has 1 aromatic rings. The molecule has 2 rings (SSSR count). The van der Waals surface area contributed by atoms with Gasteiger partial charge in [0.05, 0.1) is 5.56 Å². The molecule has 21 heavy (non-hydrogen) atoms. The van der Waals surface area contributed by atoms with Gasteiger partial charge in [0.1, 0.15) is 5.54 Å². The largest absolute Gasteiger partial charge is 0.480 e. The number of amides is 1. The van der Waals surface area contributed by atoms with Crippen LogP contribution in [-0.2, 0) is 15.8 Å². The van der Waals surface area contributed by atoms with E-state index in [9.17, 15) is 27.2 Å². The van der Waals surface area contributed by atoms with E-state index in [-0.39, 0.29) is 18.4 Å². The van der Waals surface area contributed by atoms with E-state index in [0.29, 0.717) is 12.1 Å². The lowest BCUT2D eigenvalue weighted by atomic mass is 10.1. The summed E-state index contributed by atoms with van der Waals surface area (Å²) in [5, 5.41) is 10.9. The normalized spacial score (nSPS) is 17.9. The summed E-state index contributed by atoms with van der Waals surface area (Å²) in [5.74, 6) is -2.43. The van der Waals surface area contributed by atoms with Crippen molar-refractivity contribution in [1.29, 1.82) is 0 Å². The standard InChI is InChI=1S/C13H11F4NO3/c14-9(10(19)18-12(5-6-12)11(20)21)7-1-3-8(4-2-7)13(15,16)17/h1-4,9H,5-6H2,(H,18,19)(H,20,21). The van der Waals surface area contributed by atoms with Crippen LogP contribution >= 0.6 is 0 Å². The van der Waals surface area contributed by atoms with E-state index in [1.54, 1.807) is 0 Å². The summed E-state index contributed by atoms with van der Waals surface area (Å²) in [7, 11) is 0. The smallest absolute Gasteiger partial charge is 0.416 e. The summed E-state index contributed by atoms with van der Waals surface area (Å²) in [5.41, 5.74) is -2.65. The number of halogens is 4. The Labute approximate surface area is 116 Å². The Hall–Kier alpha value is -2.12. The fraction of sp³-hybridized carbons (Fsp3) is 0.385. The van der Waals surface area contributed by atoms with Crippen LogP contribution in [0.3, 0.4) is 0 Å². The highest BCUT2D eigenvalue weighted by Gasteiger charge is 2.52. The molecule has 2 N–H and O–H groups in total. The molecule has 1 atom stereocenters. The first kappa shape index (κ1) is 15.3. The van der Waals surface area contributed by atoms with Crippen molar-refractivity contribution in [2.75, 3.05) is 0 Å². The third-order valence-corrected chi connectivity index (χ3v) is 3.28. The average molecular weight is 305 g/mol. The Morgan fingerprint density at radius 1 is 1.19 bits per heavy atom. The average Bonchev–Trinajstić information content (AvgIpc) is 3.18. The number of carbonyl (C=O) groups is 2. The van der Waals surface area contributed by atoms with Crippen LogP contribution in [0, 0.1) is 0 Å². The molecule has 0 heterocycles. The highest BCUT2D eigenvalue weighted by atomic mass is 19.4. The summed E-state index contributed by atoms with van der Waals surface area (Å²) < 4.78 is 51.0. The number of carboxylic acid groups (broad SMARTS) is 1. The maximum absolute atomic E-state index is 13.9. The topological polar surface area (TPSA) is 66.4 Å². The second-order valence-electron chi connectivity index (χ2n) is 4.86. The molecule has 8 heteroatoms. The van der Waals surface area contributed by atoms with E-state index in [4.69, 9.17) is 5.11 Å². The zero-order valence-corrected chi connectivity index (χ0v) is 10.6. The molecule has 114 valence electrons. The molecule has 0 spiro atoms. The predicted octanol–water partition coefficient (Wildman–Crippen LogP) is 2.45. The number of aliphatic carboxylic acids is 1. The fourth-order valence-electron chi connectivity index (χ4n) is 1.81. The summed E-state index contributed by atoms with van der Waals surface area (Å²) in [6.07, 6.45) is -6.36. The van der Waals surface area contributed by atoms with Crippen molar-refractivity contribution in [3.8, 4) is 0 Å². The first-order chi connectivity index (χ1) is 9.66. The molecule has 0 saturated heterocycles. The summed E-state index contributed by atoms with van der Waals surface area (Å²) in [4.78, 5) is 22.5. The van der Waals surface area contributed by atoms with Gasteiger partial charge in [-0.05, 0) is 30.5 Å². The third-order valence-electron chi connectivity index (χ3n) is 3.28. The van der Waals surface area contributed by atoms with Crippen LogP contribution in [0.15, 0.2) is 24.3 Å². The van der Waals surface area contributed by atoms with Crippen molar-refractivity contribution in [2.24, 2.45) is 0 Å². The Balaban J connectivity index is 2.08. The monoisotopic (exact) mass is 305 g/mol. The van der Waals surface area contributed by atoms with Gasteiger partial charge in [0.2, 0.25) is 6.17 Å². The van der Waals surface area contributed by atoms with Gasteiger partial charge in [-0.1, -0.05) is 12.1 Å². The summed E-state index contributed by atoms with van der Waals surface area (Å²) in [6.45, 7) is 0. The Morgan fingerprint density at radius 3 is 2.10 bits per heavy atom. The molecule has 0 aliphatic heterocycles. The van der Waals surface area contributed by atoms with Crippen LogP contribution in [0.25, 0.3) is 0 Å². The van der Waals surface area contributed by atoms with E-state index in [1.165, 1.54) is 0 Å². The van der Waals surface area contributed by atoms with Crippen LogP contribution < -0.4 is 5.32 Å². The molecule has 1 amide bonds. The van der Waals surface area contributed by atoms with Gasteiger partial charge < -0.3 is 10.4 Å². The quantitative estimate of drug-likeness (QED) is 0.840. The molecule has 1 fully saturated rings. The van der Waals surface area contributed by atoms with Crippen molar-refractivity contribution in [3.05, 3.63) is 35.4 Å². The van der Waals surface area contributed by atoms with E-state index in [1.807, 2.05) is 0 Å². The third kappa shape index (κ3) is 3.14. The number of carboxylic acids is 1. The van der Waals surface area contributed by atoms with Crippen molar-refractivity contribution in [2.45, 2.75) is 30.7 Å². The van der Waals surface area contributed by atoms with Crippen LogP contribution in [-0.4, -0.2) is 22.5 Å². The second kappa shape index (κ2) is 5.01. The van der Waals surface area contributed by atoms with Crippen LogP contribution in [0.2, 0.25) is 0 Å². The maximum Gasteiger partial charge on any atom is 0.416 e. The number of nitrogens with one attached hydrogen (secondary N) is 1. The van der Waals surface area contributed by atoms with E-state index >= 15 is 0 Å². The van der Waals surface area contributed by atoms with E-state index in [0.717, 1.165) is 12.1 Å². The molecule has 4 nitrogen and oxygen atoms in total. The van der Waals surface area contributed by atoms with Gasteiger partial charge in [0, 0.05) is 0 Å². The Kier molecular flexibility index (Phi) is 3.65. The van der Waals surface area contributed by atoms with Crippen molar-refractivity contribution >= 4 is 11.9 Å². The molecule has 0 radical (unpaired) electrons. The van der Waals surface area contributed by atoms with Crippen LogP contribution in [0.5, 0.6) is 0 Å². The first-order valence-corrected chi connectivity index (χ1v) is 6.02. The van der Waals surface area contributed by atoms with Crippen molar-refractivity contribution in [3.63, 3.8) is 0 Å². The van der Waals surface area contributed by atoms with Crippen molar-refractivity contribution < 1.29 is 32.3 Å². The molecular formula is C13H11F4NO3. The number of hydrogen-bond donors (Lipinski definition) is 2. The second-order valence-corrected chi connectivity index (χ2v) is 4.86. The van der Waals surface area contributed by atoms with Gasteiger partial charge in [0.15, 0.2) is 0 Å². The Morgan fingerprint density at radius 2 is 1.71 bits per heavy atom. The molecule has 0 bridgehead atoms. The van der Waals surface area contributed by atoms with Gasteiger partial charge in [-0.15, -0.1) is 0 Å². The molecule has 1 saturated carbocycles. The van der Waals surface area contributed by atoms with Crippen LogP contribution in [0.1, 0.15) is 30.1 Å². The molecule has 1 aromatic carbocycles. The molecule has 1 aliphatic rings. The lowest BCUT2D eigenvalue weighted by molar-refractivity contribution is -0.144. The van der Waals surface area contributed by atoms with E-state index in [2.05, 4.69) is 5.32 Å². The van der Waals surface area contributed by atoms with E-state index < -0.39 is 35.3 Å². The lowest BCUT2D eigenvalue weighted by Gasteiger charge is -2.15. The number of carbonyl (C=O) groups excluding carboxylic acids is 1. The highest BCUT2D eigenvalue weighted by Crippen LogP contribution is 2.36. The Bertz CT molecular complexity index is 564. The fourth-order valence-corrected chi connectivity index (χ4v) is 1.81. The van der Waals surface area contributed by atoms with Gasteiger partial charge >= 0.3 is 12.1 Å².